The molecule has 2 aliphatic rings. The fourth-order valence-electron chi connectivity index (χ4n) is 4.48. The van der Waals surface area contributed by atoms with Gasteiger partial charge < -0.3 is 15.0 Å². The van der Waals surface area contributed by atoms with Crippen LogP contribution in [0, 0.1) is 5.92 Å². The zero-order valence-electron chi connectivity index (χ0n) is 16.3. The van der Waals surface area contributed by atoms with Crippen molar-refractivity contribution in [2.45, 2.75) is 37.7 Å². The van der Waals surface area contributed by atoms with Crippen LogP contribution >= 0.6 is 0 Å². The molecule has 0 aliphatic carbocycles. The van der Waals surface area contributed by atoms with Crippen molar-refractivity contribution in [3.8, 4) is 0 Å². The fourth-order valence-corrected chi connectivity index (χ4v) is 4.48. The monoisotopic (exact) mass is 381 g/mol. The van der Waals surface area contributed by atoms with E-state index in [1.54, 1.807) is 7.05 Å². The predicted molar refractivity (Wildman–Crippen MR) is 107 cm³/mol. The molecular formula is C22H27N3O3. The molecule has 2 amide bonds. The summed E-state index contributed by atoms with van der Waals surface area (Å²) >= 11 is 0. The highest BCUT2D eigenvalue weighted by molar-refractivity contribution is 5.95. The number of aromatic nitrogens is 1. The number of fused-ring (bicyclic) bond motifs is 1. The second kappa shape index (κ2) is 7.87. The summed E-state index contributed by atoms with van der Waals surface area (Å²) in [6.45, 7) is 2.03. The van der Waals surface area contributed by atoms with Gasteiger partial charge in [-0.2, -0.15) is 0 Å². The Kier molecular flexibility index (Phi) is 5.31. The van der Waals surface area contributed by atoms with Gasteiger partial charge in [-0.1, -0.05) is 24.3 Å². The molecule has 1 aromatic carbocycles. The van der Waals surface area contributed by atoms with Crippen LogP contribution in [0.3, 0.4) is 0 Å². The average Bonchev–Trinajstić information content (AvgIpc) is 2.73. The number of pyridine rings is 1. The van der Waals surface area contributed by atoms with E-state index >= 15 is 0 Å². The van der Waals surface area contributed by atoms with Gasteiger partial charge >= 0.3 is 0 Å². The Labute approximate surface area is 165 Å². The maximum atomic E-state index is 12.9. The summed E-state index contributed by atoms with van der Waals surface area (Å²) in [4.78, 5) is 31.1. The first kappa shape index (κ1) is 18.9. The van der Waals surface area contributed by atoms with Crippen LogP contribution in [0.25, 0.3) is 10.9 Å². The second-order valence-electron chi connectivity index (χ2n) is 7.95. The number of para-hydroxylation sites is 1. The van der Waals surface area contributed by atoms with Gasteiger partial charge in [0.25, 0.3) is 5.91 Å². The molecule has 0 bridgehead atoms. The van der Waals surface area contributed by atoms with E-state index in [9.17, 15) is 9.59 Å². The van der Waals surface area contributed by atoms with E-state index in [4.69, 9.17) is 4.74 Å². The number of piperidine rings is 1. The van der Waals surface area contributed by atoms with Crippen LogP contribution in [0.4, 0.5) is 0 Å². The third-order valence-electron chi connectivity index (χ3n) is 6.13. The van der Waals surface area contributed by atoms with E-state index in [1.807, 2.05) is 41.3 Å². The minimum absolute atomic E-state index is 0.0154. The van der Waals surface area contributed by atoms with Gasteiger partial charge in [-0.15, -0.1) is 0 Å². The highest BCUT2D eigenvalue weighted by atomic mass is 16.5. The quantitative estimate of drug-likeness (QED) is 0.887. The van der Waals surface area contributed by atoms with Crippen molar-refractivity contribution in [2.75, 3.05) is 26.7 Å². The van der Waals surface area contributed by atoms with Crippen LogP contribution in [0.15, 0.2) is 36.4 Å². The Hall–Kier alpha value is -2.47. The molecule has 6 nitrogen and oxygen atoms in total. The molecule has 2 aliphatic heterocycles. The third kappa shape index (κ3) is 3.87. The molecule has 2 aromatic rings. The third-order valence-corrected chi connectivity index (χ3v) is 6.13. The minimum atomic E-state index is -0.190. The number of carbonyl (C=O) groups excluding carboxylic acids is 2. The predicted octanol–water partition coefficient (Wildman–Crippen LogP) is 2.77. The van der Waals surface area contributed by atoms with Crippen LogP contribution in [0.5, 0.6) is 0 Å². The van der Waals surface area contributed by atoms with E-state index in [-0.39, 0.29) is 17.4 Å². The number of nitrogens with zero attached hydrogens (tertiary/aromatic N) is 2. The van der Waals surface area contributed by atoms with Crippen molar-refractivity contribution in [2.24, 2.45) is 5.92 Å². The van der Waals surface area contributed by atoms with Crippen LogP contribution in [-0.2, 0) is 9.53 Å². The van der Waals surface area contributed by atoms with Crippen LogP contribution < -0.4 is 5.32 Å². The standard InChI is InChI=1S/C22H27N3O3/c1-23-20(26)14-16-8-13-28-22(15-16)9-11-25(12-10-22)21(27)19-7-6-17-4-2-3-5-18(17)24-19/h2-7,16H,8-15H2,1H3,(H,23,26). The number of benzene rings is 1. The van der Waals surface area contributed by atoms with E-state index in [0.29, 0.717) is 37.7 Å². The SMILES string of the molecule is CNC(=O)CC1CCOC2(CCN(C(=O)c3ccc4ccccc4n3)CC2)C1. The molecule has 148 valence electrons. The fraction of sp³-hybridized carbons (Fsp3) is 0.500. The molecular weight excluding hydrogens is 354 g/mol. The lowest BCUT2D eigenvalue weighted by atomic mass is 9.78. The molecule has 28 heavy (non-hydrogen) atoms. The Balaban J connectivity index is 1.40. The van der Waals surface area contributed by atoms with Gasteiger partial charge in [-0.05, 0) is 43.7 Å². The largest absolute Gasteiger partial charge is 0.375 e. The number of amides is 2. The molecule has 6 heteroatoms. The first-order valence-corrected chi connectivity index (χ1v) is 10.1. The lowest BCUT2D eigenvalue weighted by Gasteiger charge is -2.46. The first-order chi connectivity index (χ1) is 13.6. The summed E-state index contributed by atoms with van der Waals surface area (Å²) in [5.74, 6) is 0.438. The molecule has 2 fully saturated rings. The molecule has 2 saturated heterocycles. The number of hydrogen-bond acceptors (Lipinski definition) is 4. The van der Waals surface area contributed by atoms with Crippen molar-refractivity contribution >= 4 is 22.7 Å². The zero-order valence-corrected chi connectivity index (χ0v) is 16.3. The number of likely N-dealkylation sites (tertiary alicyclic amines) is 1. The summed E-state index contributed by atoms with van der Waals surface area (Å²) in [6, 6.07) is 11.6. The second-order valence-corrected chi connectivity index (χ2v) is 7.95. The van der Waals surface area contributed by atoms with Crippen molar-refractivity contribution in [3.05, 3.63) is 42.1 Å². The highest BCUT2D eigenvalue weighted by Crippen LogP contribution is 2.39. The van der Waals surface area contributed by atoms with Crippen molar-refractivity contribution in [1.29, 1.82) is 0 Å². The number of nitrogens with one attached hydrogen (secondary N) is 1. The lowest BCUT2D eigenvalue weighted by molar-refractivity contribution is -0.133. The molecule has 1 unspecified atom stereocenters. The van der Waals surface area contributed by atoms with E-state index in [2.05, 4.69) is 10.3 Å². The Morgan fingerprint density at radius 3 is 2.79 bits per heavy atom. The van der Waals surface area contributed by atoms with Gasteiger partial charge in [-0.25, -0.2) is 4.98 Å². The number of carbonyl (C=O) groups is 2. The molecule has 3 heterocycles. The summed E-state index contributed by atoms with van der Waals surface area (Å²) in [5, 5.41) is 3.75. The van der Waals surface area contributed by atoms with Crippen molar-refractivity contribution in [1.82, 2.24) is 15.2 Å². The molecule has 1 N–H and O–H groups in total. The normalized spacial score (nSPS) is 21.6. The van der Waals surface area contributed by atoms with Gasteiger partial charge in [0.2, 0.25) is 5.91 Å². The van der Waals surface area contributed by atoms with Gasteiger partial charge in [0.15, 0.2) is 0 Å². The molecule has 1 atom stereocenters. The molecule has 0 radical (unpaired) electrons. The molecule has 1 aromatic heterocycles. The van der Waals surface area contributed by atoms with Gasteiger partial charge in [0, 0.05) is 38.6 Å². The maximum absolute atomic E-state index is 12.9. The van der Waals surface area contributed by atoms with Crippen LogP contribution in [0.2, 0.25) is 0 Å². The summed E-state index contributed by atoms with van der Waals surface area (Å²) in [6.07, 6.45) is 4.02. The lowest BCUT2D eigenvalue weighted by Crippen LogP contribution is -2.51. The molecule has 0 saturated carbocycles. The Morgan fingerprint density at radius 1 is 1.21 bits per heavy atom. The van der Waals surface area contributed by atoms with E-state index in [1.165, 1.54) is 0 Å². The van der Waals surface area contributed by atoms with E-state index < -0.39 is 0 Å². The molecule has 1 spiro atoms. The zero-order chi connectivity index (χ0) is 19.6. The minimum Gasteiger partial charge on any atom is -0.375 e. The molecule has 4 rings (SSSR count). The summed E-state index contributed by atoms with van der Waals surface area (Å²) < 4.78 is 6.16. The van der Waals surface area contributed by atoms with Crippen LogP contribution in [0.1, 0.15) is 42.6 Å². The van der Waals surface area contributed by atoms with Crippen molar-refractivity contribution in [3.63, 3.8) is 0 Å². The van der Waals surface area contributed by atoms with Gasteiger partial charge in [-0.3, -0.25) is 9.59 Å². The maximum Gasteiger partial charge on any atom is 0.272 e. The van der Waals surface area contributed by atoms with Gasteiger partial charge in [0.1, 0.15) is 5.69 Å². The number of ether oxygens (including phenoxy) is 1. The first-order valence-electron chi connectivity index (χ1n) is 10.1. The average molecular weight is 381 g/mol. The number of hydrogen-bond donors (Lipinski definition) is 1. The highest BCUT2D eigenvalue weighted by Gasteiger charge is 2.41. The Morgan fingerprint density at radius 2 is 2.00 bits per heavy atom. The smallest absolute Gasteiger partial charge is 0.272 e. The summed E-state index contributed by atoms with van der Waals surface area (Å²) in [7, 11) is 1.68. The van der Waals surface area contributed by atoms with Gasteiger partial charge in [0.05, 0.1) is 11.1 Å². The number of rotatable bonds is 3. The Bertz CT molecular complexity index is 874. The van der Waals surface area contributed by atoms with Crippen LogP contribution in [-0.4, -0.2) is 54.0 Å². The van der Waals surface area contributed by atoms with E-state index in [0.717, 1.165) is 36.6 Å². The summed E-state index contributed by atoms with van der Waals surface area (Å²) in [5.41, 5.74) is 1.15. The van der Waals surface area contributed by atoms with Crippen molar-refractivity contribution < 1.29 is 14.3 Å². The topological polar surface area (TPSA) is 71.5 Å².